The minimum atomic E-state index is 0.308. The Kier molecular flexibility index (Phi) is 7.32. The number of aromatic nitrogens is 2. The van der Waals surface area contributed by atoms with Crippen LogP contribution >= 0.6 is 0 Å². The first-order chi connectivity index (χ1) is 11.8. The minimum Gasteiger partial charge on any atom is -0.396 e. The molecular formula is C19H36N6. The molecule has 3 N–H and O–H groups in total. The molecule has 1 saturated heterocycles. The number of hydrogen-bond acceptors (Lipinski definition) is 5. The Bertz CT molecular complexity index is 522. The summed E-state index contributed by atoms with van der Waals surface area (Å²) < 4.78 is 1.93. The van der Waals surface area contributed by atoms with Gasteiger partial charge in [0.2, 0.25) is 0 Å². The summed E-state index contributed by atoms with van der Waals surface area (Å²) in [5.41, 5.74) is 7.91. The van der Waals surface area contributed by atoms with Crippen molar-refractivity contribution in [1.82, 2.24) is 24.9 Å². The highest BCUT2D eigenvalue weighted by molar-refractivity contribution is 5.30. The van der Waals surface area contributed by atoms with Crippen LogP contribution in [0.15, 0.2) is 24.7 Å². The van der Waals surface area contributed by atoms with Gasteiger partial charge in [-0.2, -0.15) is 5.10 Å². The Morgan fingerprint density at radius 3 is 2.36 bits per heavy atom. The Hall–Kier alpha value is -1.53. The van der Waals surface area contributed by atoms with E-state index in [4.69, 9.17) is 5.73 Å². The summed E-state index contributed by atoms with van der Waals surface area (Å²) in [6.45, 7) is 19.6. The summed E-state index contributed by atoms with van der Waals surface area (Å²) in [6.07, 6.45) is 5.82. The SMILES string of the molecule is C=C(CC(C)(C)C)NCCCN1CCN(CCn2cc(N)cn2)CC1. The fraction of sp³-hybridized carbons (Fsp3) is 0.737. The molecule has 2 heterocycles. The molecule has 0 radical (unpaired) electrons. The first-order valence-corrected chi connectivity index (χ1v) is 9.46. The van der Waals surface area contributed by atoms with Gasteiger partial charge in [-0.15, -0.1) is 0 Å². The number of rotatable bonds is 9. The van der Waals surface area contributed by atoms with Gasteiger partial charge in [-0.25, -0.2) is 0 Å². The summed E-state index contributed by atoms with van der Waals surface area (Å²) >= 11 is 0. The van der Waals surface area contributed by atoms with E-state index in [1.165, 1.54) is 13.0 Å². The maximum atomic E-state index is 5.70. The lowest BCUT2D eigenvalue weighted by atomic mass is 9.91. The molecule has 0 amide bonds. The highest BCUT2D eigenvalue weighted by atomic mass is 15.3. The van der Waals surface area contributed by atoms with Crippen molar-refractivity contribution in [2.45, 2.75) is 40.2 Å². The zero-order valence-electron chi connectivity index (χ0n) is 16.3. The van der Waals surface area contributed by atoms with Crippen molar-refractivity contribution >= 4 is 5.69 Å². The maximum Gasteiger partial charge on any atom is 0.0719 e. The lowest BCUT2D eigenvalue weighted by molar-refractivity contribution is 0.127. The quantitative estimate of drug-likeness (QED) is 0.669. The van der Waals surface area contributed by atoms with Crippen molar-refractivity contribution in [1.29, 1.82) is 0 Å². The second kappa shape index (κ2) is 9.25. The molecular weight excluding hydrogens is 312 g/mol. The van der Waals surface area contributed by atoms with Gasteiger partial charge in [0.1, 0.15) is 0 Å². The van der Waals surface area contributed by atoms with Crippen LogP contribution in [0.2, 0.25) is 0 Å². The number of anilines is 1. The van der Waals surface area contributed by atoms with Crippen molar-refractivity contribution in [2.75, 3.05) is 51.5 Å². The highest BCUT2D eigenvalue weighted by Crippen LogP contribution is 2.21. The summed E-state index contributed by atoms with van der Waals surface area (Å²) in [5.74, 6) is 0. The lowest BCUT2D eigenvalue weighted by Crippen LogP contribution is -2.47. The molecule has 6 heteroatoms. The molecule has 1 aromatic heterocycles. The Morgan fingerprint density at radius 2 is 1.80 bits per heavy atom. The van der Waals surface area contributed by atoms with Crippen molar-refractivity contribution in [3.05, 3.63) is 24.7 Å². The van der Waals surface area contributed by atoms with Crippen LogP contribution in [0, 0.1) is 5.41 Å². The predicted molar refractivity (Wildman–Crippen MR) is 105 cm³/mol. The average Bonchev–Trinajstić information content (AvgIpc) is 2.94. The predicted octanol–water partition coefficient (Wildman–Crippen LogP) is 2.01. The molecule has 1 aliphatic rings. The number of hydrogen-bond donors (Lipinski definition) is 2. The third kappa shape index (κ3) is 7.92. The van der Waals surface area contributed by atoms with Crippen LogP contribution in [0.5, 0.6) is 0 Å². The number of nitrogens with one attached hydrogen (secondary N) is 1. The first-order valence-electron chi connectivity index (χ1n) is 9.46. The molecule has 1 fully saturated rings. The molecule has 6 nitrogen and oxygen atoms in total. The second-order valence-corrected chi connectivity index (χ2v) is 8.34. The first kappa shape index (κ1) is 19.8. The number of nitrogens with two attached hydrogens (primary N) is 1. The van der Waals surface area contributed by atoms with E-state index in [1.54, 1.807) is 6.20 Å². The number of piperazine rings is 1. The van der Waals surface area contributed by atoms with Crippen molar-refractivity contribution in [3.8, 4) is 0 Å². The molecule has 0 unspecified atom stereocenters. The van der Waals surface area contributed by atoms with E-state index in [2.05, 4.69) is 47.6 Å². The lowest BCUT2D eigenvalue weighted by Gasteiger charge is -2.34. The smallest absolute Gasteiger partial charge is 0.0719 e. The van der Waals surface area contributed by atoms with Gasteiger partial charge in [-0.1, -0.05) is 27.4 Å². The van der Waals surface area contributed by atoms with Crippen LogP contribution in [0.25, 0.3) is 0 Å². The fourth-order valence-corrected chi connectivity index (χ4v) is 3.25. The van der Waals surface area contributed by atoms with Crippen molar-refractivity contribution in [2.24, 2.45) is 5.41 Å². The average molecular weight is 349 g/mol. The van der Waals surface area contributed by atoms with E-state index in [9.17, 15) is 0 Å². The van der Waals surface area contributed by atoms with Gasteiger partial charge in [0.15, 0.2) is 0 Å². The molecule has 0 saturated carbocycles. The third-order valence-electron chi connectivity index (χ3n) is 4.53. The zero-order chi connectivity index (χ0) is 18.3. The van der Waals surface area contributed by atoms with Gasteiger partial charge in [-0.05, 0) is 24.8 Å². The van der Waals surface area contributed by atoms with E-state index in [-0.39, 0.29) is 0 Å². The Labute approximate surface area is 153 Å². The third-order valence-corrected chi connectivity index (χ3v) is 4.53. The van der Waals surface area contributed by atoms with E-state index in [0.717, 1.165) is 63.6 Å². The minimum absolute atomic E-state index is 0.308. The van der Waals surface area contributed by atoms with Gasteiger partial charge in [0, 0.05) is 51.2 Å². The monoisotopic (exact) mass is 348 g/mol. The van der Waals surface area contributed by atoms with Crippen molar-refractivity contribution < 1.29 is 0 Å². The molecule has 0 spiro atoms. The summed E-state index contributed by atoms with van der Waals surface area (Å²) in [5, 5.41) is 7.72. The van der Waals surface area contributed by atoms with Gasteiger partial charge < -0.3 is 16.0 Å². The molecule has 2 rings (SSSR count). The molecule has 25 heavy (non-hydrogen) atoms. The van der Waals surface area contributed by atoms with Crippen LogP contribution in [0.1, 0.15) is 33.6 Å². The van der Waals surface area contributed by atoms with E-state index in [1.807, 2.05) is 10.9 Å². The molecule has 1 aliphatic heterocycles. The van der Waals surface area contributed by atoms with E-state index < -0.39 is 0 Å². The molecule has 0 bridgehead atoms. The zero-order valence-corrected chi connectivity index (χ0v) is 16.3. The topological polar surface area (TPSA) is 62.3 Å². The van der Waals surface area contributed by atoms with Gasteiger partial charge in [0.25, 0.3) is 0 Å². The maximum absolute atomic E-state index is 5.70. The molecule has 142 valence electrons. The normalized spacial score (nSPS) is 16.9. The highest BCUT2D eigenvalue weighted by Gasteiger charge is 2.16. The number of nitrogen functional groups attached to an aromatic ring is 1. The Morgan fingerprint density at radius 1 is 1.16 bits per heavy atom. The van der Waals surface area contributed by atoms with Crippen LogP contribution in [0.3, 0.4) is 0 Å². The van der Waals surface area contributed by atoms with Crippen LogP contribution in [-0.2, 0) is 6.54 Å². The molecule has 0 atom stereocenters. The van der Waals surface area contributed by atoms with Gasteiger partial charge in [-0.3, -0.25) is 9.58 Å². The van der Waals surface area contributed by atoms with Gasteiger partial charge in [0.05, 0.1) is 18.4 Å². The largest absolute Gasteiger partial charge is 0.396 e. The number of allylic oxidation sites excluding steroid dienone is 1. The molecule has 1 aromatic rings. The standard InChI is InChI=1S/C19H36N6/c1-17(14-19(2,3)4)21-6-5-7-23-8-10-24(11-9-23)12-13-25-16-18(20)15-22-25/h15-16,21H,1,5-14,20H2,2-4H3. The van der Waals surface area contributed by atoms with Crippen LogP contribution < -0.4 is 11.1 Å². The van der Waals surface area contributed by atoms with E-state index >= 15 is 0 Å². The van der Waals surface area contributed by atoms with E-state index in [0.29, 0.717) is 5.41 Å². The van der Waals surface area contributed by atoms with Gasteiger partial charge >= 0.3 is 0 Å². The van der Waals surface area contributed by atoms with Crippen molar-refractivity contribution in [3.63, 3.8) is 0 Å². The summed E-state index contributed by atoms with van der Waals surface area (Å²) in [6, 6.07) is 0. The summed E-state index contributed by atoms with van der Waals surface area (Å²) in [4.78, 5) is 5.08. The number of nitrogens with zero attached hydrogens (tertiary/aromatic N) is 4. The van der Waals surface area contributed by atoms with Crippen LogP contribution in [-0.4, -0.2) is 65.4 Å². The molecule has 0 aromatic carbocycles. The second-order valence-electron chi connectivity index (χ2n) is 8.34. The summed E-state index contributed by atoms with van der Waals surface area (Å²) in [7, 11) is 0. The Balaban J connectivity index is 1.53. The van der Waals surface area contributed by atoms with Crippen LogP contribution in [0.4, 0.5) is 5.69 Å². The fourth-order valence-electron chi connectivity index (χ4n) is 3.25. The molecule has 0 aliphatic carbocycles.